The van der Waals surface area contributed by atoms with Crippen LogP contribution in [0.5, 0.6) is 0 Å². The Morgan fingerprint density at radius 2 is 2.06 bits per heavy atom. The van der Waals surface area contributed by atoms with Crippen LogP contribution in [0.1, 0.15) is 29.8 Å². The molecule has 0 aliphatic heterocycles. The molecule has 0 aliphatic carbocycles. The molecular weight excluding hydrogens is 234 g/mol. The Hall–Kier alpha value is -1.95. The molecule has 0 fully saturated rings. The fourth-order valence-corrected chi connectivity index (χ4v) is 1.43. The van der Waals surface area contributed by atoms with E-state index >= 15 is 0 Å². The van der Waals surface area contributed by atoms with E-state index in [-0.39, 0.29) is 23.7 Å². The molecule has 1 aromatic rings. The third kappa shape index (κ3) is 3.53. The second-order valence-electron chi connectivity index (χ2n) is 4.86. The van der Waals surface area contributed by atoms with Gasteiger partial charge in [0.2, 0.25) is 0 Å². The predicted octanol–water partition coefficient (Wildman–Crippen LogP) is 1.37. The molecule has 6 nitrogen and oxygen atoms in total. The van der Waals surface area contributed by atoms with E-state index in [0.29, 0.717) is 5.56 Å². The van der Waals surface area contributed by atoms with E-state index in [1.54, 1.807) is 26.8 Å². The number of hydrogen-bond donors (Lipinski definition) is 2. The van der Waals surface area contributed by atoms with Crippen molar-refractivity contribution in [2.45, 2.75) is 26.3 Å². The minimum Gasteiger partial charge on any atom is -0.346 e. The summed E-state index contributed by atoms with van der Waals surface area (Å²) in [5.41, 5.74) is 5.81. The Morgan fingerprint density at radius 3 is 2.56 bits per heavy atom. The van der Waals surface area contributed by atoms with Crippen LogP contribution in [0.15, 0.2) is 18.2 Å². The van der Waals surface area contributed by atoms with E-state index in [4.69, 9.17) is 5.73 Å². The number of carbonyl (C=O) groups is 1. The van der Waals surface area contributed by atoms with Crippen molar-refractivity contribution in [3.05, 3.63) is 39.4 Å². The number of non-ortho nitro benzene ring substituents is 1. The molecule has 0 aromatic heterocycles. The molecule has 3 N–H and O–H groups in total. The average molecular weight is 251 g/mol. The molecule has 0 spiro atoms. The number of nitrogens with two attached hydrogens (primary N) is 1. The molecule has 1 amide bonds. The minimum atomic E-state index is -0.546. The van der Waals surface area contributed by atoms with Crippen molar-refractivity contribution in [3.63, 3.8) is 0 Å². The number of amides is 1. The number of nitrogens with zero attached hydrogens (tertiary/aromatic N) is 1. The van der Waals surface area contributed by atoms with Crippen LogP contribution in [-0.4, -0.2) is 22.9 Å². The first-order chi connectivity index (χ1) is 8.25. The topological polar surface area (TPSA) is 98.3 Å². The summed E-state index contributed by atoms with van der Waals surface area (Å²) in [5.74, 6) is -0.364. The van der Waals surface area contributed by atoms with Gasteiger partial charge in [-0.1, -0.05) is 0 Å². The van der Waals surface area contributed by atoms with Gasteiger partial charge in [0, 0.05) is 29.8 Å². The molecule has 0 unspecified atom stereocenters. The summed E-state index contributed by atoms with van der Waals surface area (Å²) < 4.78 is 0. The van der Waals surface area contributed by atoms with E-state index in [1.165, 1.54) is 12.1 Å². The quantitative estimate of drug-likeness (QED) is 0.623. The van der Waals surface area contributed by atoms with E-state index in [1.807, 2.05) is 0 Å². The van der Waals surface area contributed by atoms with Gasteiger partial charge >= 0.3 is 0 Å². The molecule has 0 heterocycles. The molecule has 0 saturated heterocycles. The van der Waals surface area contributed by atoms with Crippen LogP contribution < -0.4 is 11.1 Å². The van der Waals surface area contributed by atoms with Crippen LogP contribution in [0.2, 0.25) is 0 Å². The van der Waals surface area contributed by atoms with Crippen LogP contribution in [-0.2, 0) is 0 Å². The minimum absolute atomic E-state index is 0.0919. The molecule has 0 aliphatic rings. The maximum absolute atomic E-state index is 12.0. The number of nitro benzene ring substituents is 1. The van der Waals surface area contributed by atoms with Crippen LogP contribution in [0.25, 0.3) is 0 Å². The van der Waals surface area contributed by atoms with Crippen LogP contribution in [0, 0.1) is 17.0 Å². The second-order valence-corrected chi connectivity index (χ2v) is 4.86. The van der Waals surface area contributed by atoms with Gasteiger partial charge in [-0.2, -0.15) is 0 Å². The van der Waals surface area contributed by atoms with Crippen LogP contribution in [0.3, 0.4) is 0 Å². The highest BCUT2D eigenvalue weighted by Gasteiger charge is 2.20. The molecule has 18 heavy (non-hydrogen) atoms. The fraction of sp³-hybridized carbons (Fsp3) is 0.417. The lowest BCUT2D eigenvalue weighted by molar-refractivity contribution is -0.384. The van der Waals surface area contributed by atoms with Gasteiger partial charge in [-0.15, -0.1) is 0 Å². The highest BCUT2D eigenvalue weighted by atomic mass is 16.6. The Kier molecular flexibility index (Phi) is 4.03. The van der Waals surface area contributed by atoms with Crippen LogP contribution >= 0.6 is 0 Å². The zero-order valence-corrected chi connectivity index (χ0v) is 10.7. The van der Waals surface area contributed by atoms with Gasteiger partial charge in [0.25, 0.3) is 11.6 Å². The summed E-state index contributed by atoms with van der Waals surface area (Å²) >= 11 is 0. The summed E-state index contributed by atoms with van der Waals surface area (Å²) in [5, 5.41) is 13.5. The fourth-order valence-electron chi connectivity index (χ4n) is 1.43. The highest BCUT2D eigenvalue weighted by molar-refractivity contribution is 5.95. The van der Waals surface area contributed by atoms with E-state index in [2.05, 4.69) is 5.32 Å². The van der Waals surface area contributed by atoms with Gasteiger partial charge in [0.05, 0.1) is 4.92 Å². The predicted molar refractivity (Wildman–Crippen MR) is 68.4 cm³/mol. The monoisotopic (exact) mass is 251 g/mol. The summed E-state index contributed by atoms with van der Waals surface area (Å²) in [6.07, 6.45) is 0. The molecule has 0 bridgehead atoms. The summed E-state index contributed by atoms with van der Waals surface area (Å²) in [6.45, 7) is 5.56. The molecule has 0 radical (unpaired) electrons. The van der Waals surface area contributed by atoms with E-state index in [9.17, 15) is 14.9 Å². The number of nitro groups is 1. The molecule has 0 atom stereocenters. The maximum atomic E-state index is 12.0. The summed E-state index contributed by atoms with van der Waals surface area (Å²) in [6, 6.07) is 4.29. The van der Waals surface area contributed by atoms with Crippen molar-refractivity contribution in [2.75, 3.05) is 6.54 Å². The Morgan fingerprint density at radius 1 is 1.44 bits per heavy atom. The lowest BCUT2D eigenvalue weighted by Gasteiger charge is -2.24. The lowest BCUT2D eigenvalue weighted by Crippen LogP contribution is -2.48. The standard InChI is InChI=1S/C12H17N3O3/c1-8-4-9(6-10(5-8)15(17)18)11(16)14-12(2,3)7-13/h4-6H,7,13H2,1-3H3,(H,14,16). The number of aryl methyl sites for hydroxylation is 1. The number of benzene rings is 1. The van der Waals surface area contributed by atoms with E-state index in [0.717, 1.165) is 0 Å². The SMILES string of the molecule is Cc1cc(C(=O)NC(C)(C)CN)cc([N+](=O)[O-])c1. The zero-order chi connectivity index (χ0) is 13.9. The molecule has 6 heteroatoms. The third-order valence-corrected chi connectivity index (χ3v) is 2.50. The second kappa shape index (κ2) is 5.14. The van der Waals surface area contributed by atoms with Crippen molar-refractivity contribution in [1.82, 2.24) is 5.32 Å². The van der Waals surface area contributed by atoms with Gasteiger partial charge in [-0.25, -0.2) is 0 Å². The Labute approximate surface area is 105 Å². The normalized spacial score (nSPS) is 11.1. The molecule has 1 rings (SSSR count). The average Bonchev–Trinajstić information content (AvgIpc) is 2.27. The Bertz CT molecular complexity index is 483. The number of rotatable bonds is 4. The third-order valence-electron chi connectivity index (χ3n) is 2.50. The van der Waals surface area contributed by atoms with Crippen LogP contribution in [0.4, 0.5) is 5.69 Å². The molecular formula is C12H17N3O3. The van der Waals surface area contributed by atoms with Crippen molar-refractivity contribution in [2.24, 2.45) is 5.73 Å². The zero-order valence-electron chi connectivity index (χ0n) is 10.7. The van der Waals surface area contributed by atoms with Crippen molar-refractivity contribution >= 4 is 11.6 Å². The smallest absolute Gasteiger partial charge is 0.270 e. The van der Waals surface area contributed by atoms with Gasteiger partial charge in [-0.3, -0.25) is 14.9 Å². The summed E-state index contributed by atoms with van der Waals surface area (Å²) in [4.78, 5) is 22.2. The lowest BCUT2D eigenvalue weighted by atomic mass is 10.0. The van der Waals surface area contributed by atoms with Crippen molar-refractivity contribution in [3.8, 4) is 0 Å². The highest BCUT2D eigenvalue weighted by Crippen LogP contribution is 2.17. The maximum Gasteiger partial charge on any atom is 0.270 e. The van der Waals surface area contributed by atoms with Crippen molar-refractivity contribution in [1.29, 1.82) is 0 Å². The van der Waals surface area contributed by atoms with E-state index < -0.39 is 10.5 Å². The molecule has 98 valence electrons. The van der Waals surface area contributed by atoms with Gasteiger partial charge in [0.1, 0.15) is 0 Å². The molecule has 0 saturated carbocycles. The Balaban J connectivity index is 3.03. The van der Waals surface area contributed by atoms with Gasteiger partial charge in [-0.05, 0) is 32.4 Å². The first kappa shape index (κ1) is 14.1. The number of carbonyl (C=O) groups excluding carboxylic acids is 1. The summed E-state index contributed by atoms with van der Waals surface area (Å²) in [7, 11) is 0. The number of hydrogen-bond acceptors (Lipinski definition) is 4. The number of nitrogens with one attached hydrogen (secondary N) is 1. The van der Waals surface area contributed by atoms with Gasteiger partial charge < -0.3 is 11.1 Å². The molecule has 1 aromatic carbocycles. The largest absolute Gasteiger partial charge is 0.346 e. The van der Waals surface area contributed by atoms with Gasteiger partial charge in [0.15, 0.2) is 0 Å². The first-order valence-corrected chi connectivity index (χ1v) is 5.54. The first-order valence-electron chi connectivity index (χ1n) is 5.54. The van der Waals surface area contributed by atoms with Crippen molar-refractivity contribution < 1.29 is 9.72 Å².